The second-order valence-electron chi connectivity index (χ2n) is 7.29. The van der Waals surface area contributed by atoms with Crippen molar-refractivity contribution >= 4 is 10.9 Å². The van der Waals surface area contributed by atoms with E-state index in [0.717, 1.165) is 11.8 Å². The minimum atomic E-state index is 0.681. The lowest BCUT2D eigenvalue weighted by Crippen LogP contribution is -2.47. The molecule has 5 rings (SSSR count). The van der Waals surface area contributed by atoms with Gasteiger partial charge in [0.15, 0.2) is 0 Å². The Morgan fingerprint density at radius 3 is 2.90 bits per heavy atom. The normalized spacial score (nSPS) is 32.5. The molecule has 0 spiro atoms. The van der Waals surface area contributed by atoms with E-state index in [9.17, 15) is 0 Å². The maximum Gasteiger partial charge on any atom is 0.0532 e. The van der Waals surface area contributed by atoms with Crippen LogP contribution in [0.2, 0.25) is 0 Å². The summed E-state index contributed by atoms with van der Waals surface area (Å²) in [6.45, 7) is 2.59. The van der Waals surface area contributed by atoms with E-state index in [1.807, 2.05) is 0 Å². The summed E-state index contributed by atoms with van der Waals surface area (Å²) in [4.78, 5) is 6.59. The molecule has 3 aliphatic rings. The number of aromatic nitrogens is 1. The van der Waals surface area contributed by atoms with E-state index in [-0.39, 0.29) is 0 Å². The van der Waals surface area contributed by atoms with Crippen LogP contribution < -0.4 is 0 Å². The molecule has 21 heavy (non-hydrogen) atoms. The van der Waals surface area contributed by atoms with Crippen molar-refractivity contribution in [2.24, 2.45) is 11.8 Å². The lowest BCUT2D eigenvalue weighted by Gasteiger charge is -2.49. The van der Waals surface area contributed by atoms with Crippen molar-refractivity contribution in [3.05, 3.63) is 35.5 Å². The zero-order valence-electron chi connectivity index (χ0n) is 12.6. The zero-order chi connectivity index (χ0) is 13.8. The predicted molar refractivity (Wildman–Crippen MR) is 86.4 cm³/mol. The monoisotopic (exact) mass is 280 g/mol. The number of fused-ring (bicyclic) bond motifs is 7. The van der Waals surface area contributed by atoms with Crippen LogP contribution in [0, 0.1) is 11.8 Å². The third kappa shape index (κ3) is 1.75. The average molecular weight is 280 g/mol. The van der Waals surface area contributed by atoms with Crippen molar-refractivity contribution in [2.75, 3.05) is 13.1 Å². The van der Waals surface area contributed by atoms with Gasteiger partial charge < -0.3 is 4.98 Å². The molecule has 1 aromatic carbocycles. The molecule has 0 unspecified atom stereocenters. The maximum atomic E-state index is 3.81. The summed E-state index contributed by atoms with van der Waals surface area (Å²) in [5, 5.41) is 1.48. The van der Waals surface area contributed by atoms with E-state index in [2.05, 4.69) is 34.1 Å². The topological polar surface area (TPSA) is 19.0 Å². The fraction of sp³-hybridized carbons (Fsp3) is 0.579. The average Bonchev–Trinajstić information content (AvgIpc) is 2.93. The van der Waals surface area contributed by atoms with E-state index in [0.29, 0.717) is 6.04 Å². The Bertz CT molecular complexity index is 671. The number of nitrogens with one attached hydrogen (secondary N) is 1. The molecule has 110 valence electrons. The molecule has 2 heteroatoms. The molecule has 1 saturated carbocycles. The number of nitrogens with zero attached hydrogens (tertiary/aromatic N) is 1. The number of para-hydroxylation sites is 1. The molecule has 0 bridgehead atoms. The van der Waals surface area contributed by atoms with Crippen molar-refractivity contribution in [1.29, 1.82) is 0 Å². The molecule has 3 atom stereocenters. The van der Waals surface area contributed by atoms with Gasteiger partial charge in [0.25, 0.3) is 0 Å². The summed E-state index contributed by atoms with van der Waals surface area (Å²) < 4.78 is 0. The van der Waals surface area contributed by atoms with Gasteiger partial charge in [0, 0.05) is 23.1 Å². The molecule has 1 aliphatic carbocycles. The first-order valence-corrected chi connectivity index (χ1v) is 8.75. The van der Waals surface area contributed by atoms with Crippen LogP contribution >= 0.6 is 0 Å². The van der Waals surface area contributed by atoms with E-state index in [1.54, 1.807) is 11.3 Å². The van der Waals surface area contributed by atoms with Gasteiger partial charge in [-0.3, -0.25) is 4.90 Å². The van der Waals surface area contributed by atoms with Crippen LogP contribution in [0.4, 0.5) is 0 Å². The summed E-state index contributed by atoms with van der Waals surface area (Å²) in [6.07, 6.45) is 8.50. The van der Waals surface area contributed by atoms with Crippen molar-refractivity contribution in [3.8, 4) is 0 Å². The number of hydrogen-bond acceptors (Lipinski definition) is 1. The van der Waals surface area contributed by atoms with Gasteiger partial charge in [-0.25, -0.2) is 0 Å². The van der Waals surface area contributed by atoms with E-state index in [1.165, 1.54) is 62.5 Å². The number of H-pyrrole nitrogens is 1. The molecular weight excluding hydrogens is 256 g/mol. The van der Waals surface area contributed by atoms with Crippen LogP contribution in [-0.2, 0) is 6.42 Å². The predicted octanol–water partition coefficient (Wildman–Crippen LogP) is 4.28. The van der Waals surface area contributed by atoms with Gasteiger partial charge in [0.1, 0.15) is 0 Å². The second-order valence-corrected chi connectivity index (χ2v) is 7.29. The highest BCUT2D eigenvalue weighted by Gasteiger charge is 2.43. The van der Waals surface area contributed by atoms with Gasteiger partial charge in [-0.05, 0) is 49.3 Å². The molecular formula is C19H24N2. The second kappa shape index (κ2) is 4.61. The minimum Gasteiger partial charge on any atom is -0.357 e. The van der Waals surface area contributed by atoms with Gasteiger partial charge in [-0.2, -0.15) is 0 Å². The molecule has 2 nitrogen and oxygen atoms in total. The Hall–Kier alpha value is -1.28. The summed E-state index contributed by atoms with van der Waals surface area (Å²) in [5.74, 6) is 1.89. The Kier molecular flexibility index (Phi) is 2.69. The van der Waals surface area contributed by atoms with Gasteiger partial charge in [0.2, 0.25) is 0 Å². The largest absolute Gasteiger partial charge is 0.357 e. The number of piperidine rings is 1. The van der Waals surface area contributed by atoms with Crippen molar-refractivity contribution in [3.63, 3.8) is 0 Å². The van der Waals surface area contributed by atoms with E-state index < -0.39 is 0 Å². The molecule has 3 heterocycles. The molecule has 1 aromatic heterocycles. The molecule has 1 N–H and O–H groups in total. The Morgan fingerprint density at radius 2 is 1.90 bits per heavy atom. The van der Waals surface area contributed by atoms with Gasteiger partial charge in [0.05, 0.1) is 6.04 Å². The third-order valence-corrected chi connectivity index (χ3v) is 6.35. The highest BCUT2D eigenvalue weighted by molar-refractivity contribution is 5.85. The van der Waals surface area contributed by atoms with Crippen LogP contribution in [0.15, 0.2) is 24.3 Å². The standard InChI is InChI=1S/C19H24N2/c1-2-6-14-13(5-1)9-11-21-12-10-16-15-7-3-4-8-17(15)20-18(16)19(14)21/h3-4,7-8,13-14,19-20H,1-2,5-6,9-12H2/t13-,14-,19+/m0/s1. The lowest BCUT2D eigenvalue weighted by atomic mass is 9.69. The fourth-order valence-electron chi connectivity index (χ4n) is 5.40. The van der Waals surface area contributed by atoms with Crippen LogP contribution in [0.3, 0.4) is 0 Å². The third-order valence-electron chi connectivity index (χ3n) is 6.35. The van der Waals surface area contributed by atoms with Gasteiger partial charge in [-0.1, -0.05) is 37.5 Å². The molecule has 0 radical (unpaired) electrons. The molecule has 2 aromatic rings. The zero-order valence-corrected chi connectivity index (χ0v) is 12.6. The number of aromatic amines is 1. The van der Waals surface area contributed by atoms with Crippen molar-refractivity contribution in [2.45, 2.75) is 44.6 Å². The number of rotatable bonds is 0. The highest BCUT2D eigenvalue weighted by Crippen LogP contribution is 2.49. The SMILES string of the molecule is c1ccc2c3c([nH]c2c1)[C@H]1[C@H]2CCCC[C@H]2CCN1CC3. The van der Waals surface area contributed by atoms with Crippen LogP contribution in [-0.4, -0.2) is 23.0 Å². The van der Waals surface area contributed by atoms with Gasteiger partial charge in [-0.15, -0.1) is 0 Å². The summed E-state index contributed by atoms with van der Waals surface area (Å²) in [6, 6.07) is 9.58. The number of hydrogen-bond donors (Lipinski definition) is 1. The summed E-state index contributed by atoms with van der Waals surface area (Å²) >= 11 is 0. The van der Waals surface area contributed by atoms with Crippen LogP contribution in [0.1, 0.15) is 49.4 Å². The molecule has 0 amide bonds. The smallest absolute Gasteiger partial charge is 0.0532 e. The first kappa shape index (κ1) is 12.3. The first-order chi connectivity index (χ1) is 10.4. The Balaban J connectivity index is 1.65. The Morgan fingerprint density at radius 1 is 1.00 bits per heavy atom. The highest BCUT2D eigenvalue weighted by atomic mass is 15.2. The lowest BCUT2D eigenvalue weighted by molar-refractivity contribution is 0.0146. The van der Waals surface area contributed by atoms with Gasteiger partial charge >= 0.3 is 0 Å². The molecule has 2 fully saturated rings. The van der Waals surface area contributed by atoms with Crippen molar-refractivity contribution in [1.82, 2.24) is 9.88 Å². The summed E-state index contributed by atoms with van der Waals surface area (Å²) in [7, 11) is 0. The van der Waals surface area contributed by atoms with Crippen molar-refractivity contribution < 1.29 is 0 Å². The quantitative estimate of drug-likeness (QED) is 0.763. The van der Waals surface area contributed by atoms with E-state index in [4.69, 9.17) is 0 Å². The summed E-state index contributed by atoms with van der Waals surface area (Å²) in [5.41, 5.74) is 4.54. The maximum absolute atomic E-state index is 3.81. The molecule has 2 aliphatic heterocycles. The van der Waals surface area contributed by atoms with Crippen LogP contribution in [0.25, 0.3) is 10.9 Å². The van der Waals surface area contributed by atoms with E-state index >= 15 is 0 Å². The van der Waals surface area contributed by atoms with Crippen LogP contribution in [0.5, 0.6) is 0 Å². The first-order valence-electron chi connectivity index (χ1n) is 8.75. The molecule has 1 saturated heterocycles. The minimum absolute atomic E-state index is 0.681. The fourth-order valence-corrected chi connectivity index (χ4v) is 5.40. The Labute approximate surface area is 126 Å². The number of benzene rings is 1.